The fourth-order valence-electron chi connectivity index (χ4n) is 3.43. The first-order valence-corrected chi connectivity index (χ1v) is 9.23. The third-order valence-corrected chi connectivity index (χ3v) is 5.04. The van der Waals surface area contributed by atoms with Crippen molar-refractivity contribution in [1.29, 1.82) is 0 Å². The number of hydrogen-bond acceptors (Lipinski definition) is 4. The molecule has 0 bridgehead atoms. The zero-order valence-electron chi connectivity index (χ0n) is 15.6. The number of carbonyl (C=O) groups is 1. The Hall–Kier alpha value is -2.17. The molecule has 138 valence electrons. The SMILES string of the molecule is C[C@H](CN1CCOCC1)OC(=O)C(C)(c1ccccc1)c1ccccc1. The maximum atomic E-state index is 13.3. The van der Waals surface area contributed by atoms with Gasteiger partial charge in [-0.1, -0.05) is 60.7 Å². The fourth-order valence-corrected chi connectivity index (χ4v) is 3.43. The molecule has 1 fully saturated rings. The molecule has 0 N–H and O–H groups in total. The van der Waals surface area contributed by atoms with E-state index >= 15 is 0 Å². The molecule has 0 unspecified atom stereocenters. The van der Waals surface area contributed by atoms with Crippen LogP contribution in [0.5, 0.6) is 0 Å². The third-order valence-electron chi connectivity index (χ3n) is 5.04. The van der Waals surface area contributed by atoms with Gasteiger partial charge in [0.2, 0.25) is 0 Å². The van der Waals surface area contributed by atoms with Crippen molar-refractivity contribution in [2.75, 3.05) is 32.8 Å². The summed E-state index contributed by atoms with van der Waals surface area (Å²) in [5.74, 6) is -0.212. The van der Waals surface area contributed by atoms with Gasteiger partial charge in [0.25, 0.3) is 0 Å². The lowest BCUT2D eigenvalue weighted by atomic mass is 9.76. The average Bonchev–Trinajstić information content (AvgIpc) is 2.69. The topological polar surface area (TPSA) is 38.8 Å². The first-order valence-electron chi connectivity index (χ1n) is 9.23. The van der Waals surface area contributed by atoms with Crippen LogP contribution in [0.25, 0.3) is 0 Å². The fraction of sp³-hybridized carbons (Fsp3) is 0.409. The zero-order chi connectivity index (χ0) is 18.4. The number of hydrogen-bond donors (Lipinski definition) is 0. The predicted octanol–water partition coefficient (Wildman–Crippen LogP) is 3.26. The molecule has 1 saturated heterocycles. The maximum absolute atomic E-state index is 13.3. The Balaban J connectivity index is 1.79. The van der Waals surface area contributed by atoms with Gasteiger partial charge in [-0.15, -0.1) is 0 Å². The van der Waals surface area contributed by atoms with Gasteiger partial charge in [0.15, 0.2) is 0 Å². The Morgan fingerprint density at radius 1 is 1.04 bits per heavy atom. The largest absolute Gasteiger partial charge is 0.460 e. The molecule has 0 aliphatic carbocycles. The van der Waals surface area contributed by atoms with Crippen molar-refractivity contribution in [3.8, 4) is 0 Å². The normalized spacial score (nSPS) is 16.8. The number of esters is 1. The molecular weight excluding hydrogens is 326 g/mol. The molecule has 2 aromatic carbocycles. The summed E-state index contributed by atoms with van der Waals surface area (Å²) in [6.07, 6.45) is -0.174. The molecule has 0 aromatic heterocycles. The van der Waals surface area contributed by atoms with Gasteiger partial charge in [0.05, 0.1) is 13.2 Å². The Kier molecular flexibility index (Phi) is 6.07. The lowest BCUT2D eigenvalue weighted by Gasteiger charge is -2.32. The van der Waals surface area contributed by atoms with Gasteiger partial charge in [-0.3, -0.25) is 9.69 Å². The van der Waals surface area contributed by atoms with E-state index in [1.165, 1.54) is 0 Å². The van der Waals surface area contributed by atoms with Crippen molar-refractivity contribution in [3.05, 3.63) is 71.8 Å². The summed E-state index contributed by atoms with van der Waals surface area (Å²) in [5, 5.41) is 0. The third kappa shape index (κ3) is 4.14. The van der Waals surface area contributed by atoms with E-state index in [1.54, 1.807) is 0 Å². The van der Waals surface area contributed by atoms with E-state index in [4.69, 9.17) is 9.47 Å². The standard InChI is InChI=1S/C22H27NO3/c1-18(17-23-13-15-25-16-14-23)26-21(24)22(2,19-9-5-3-6-10-19)20-11-7-4-8-12-20/h3-12,18H,13-17H2,1-2H3/t18-/m1/s1. The van der Waals surface area contributed by atoms with Crippen LogP contribution in [-0.4, -0.2) is 49.8 Å². The van der Waals surface area contributed by atoms with E-state index in [1.807, 2.05) is 74.5 Å². The average molecular weight is 353 g/mol. The molecule has 26 heavy (non-hydrogen) atoms. The molecule has 4 nitrogen and oxygen atoms in total. The Morgan fingerprint density at radius 3 is 2.04 bits per heavy atom. The minimum Gasteiger partial charge on any atom is -0.460 e. The van der Waals surface area contributed by atoms with E-state index in [0.29, 0.717) is 0 Å². The minimum absolute atomic E-state index is 0.174. The van der Waals surface area contributed by atoms with Crippen molar-refractivity contribution < 1.29 is 14.3 Å². The summed E-state index contributed by atoms with van der Waals surface area (Å²) >= 11 is 0. The molecular formula is C22H27NO3. The Bertz CT molecular complexity index is 656. The highest BCUT2D eigenvalue weighted by Gasteiger charge is 2.39. The van der Waals surface area contributed by atoms with E-state index in [0.717, 1.165) is 44.0 Å². The van der Waals surface area contributed by atoms with Crippen LogP contribution >= 0.6 is 0 Å². The smallest absolute Gasteiger partial charge is 0.321 e. The van der Waals surface area contributed by atoms with Crippen LogP contribution < -0.4 is 0 Å². The number of benzene rings is 2. The van der Waals surface area contributed by atoms with Gasteiger partial charge in [0.1, 0.15) is 11.5 Å². The number of nitrogens with zero attached hydrogens (tertiary/aromatic N) is 1. The van der Waals surface area contributed by atoms with E-state index < -0.39 is 5.41 Å². The highest BCUT2D eigenvalue weighted by Crippen LogP contribution is 2.33. The van der Waals surface area contributed by atoms with Crippen LogP contribution in [0.4, 0.5) is 0 Å². The van der Waals surface area contributed by atoms with Gasteiger partial charge < -0.3 is 9.47 Å². The van der Waals surface area contributed by atoms with Crippen molar-refractivity contribution in [3.63, 3.8) is 0 Å². The van der Waals surface area contributed by atoms with Crippen LogP contribution in [-0.2, 0) is 19.7 Å². The first kappa shape index (κ1) is 18.6. The highest BCUT2D eigenvalue weighted by molar-refractivity contribution is 5.87. The molecule has 3 rings (SSSR count). The van der Waals surface area contributed by atoms with Crippen LogP contribution in [0.15, 0.2) is 60.7 Å². The van der Waals surface area contributed by atoms with Gasteiger partial charge in [-0.25, -0.2) is 0 Å². The van der Waals surface area contributed by atoms with Crippen molar-refractivity contribution in [1.82, 2.24) is 4.90 Å². The van der Waals surface area contributed by atoms with Gasteiger partial charge >= 0.3 is 5.97 Å². The molecule has 4 heteroatoms. The highest BCUT2D eigenvalue weighted by atomic mass is 16.5. The van der Waals surface area contributed by atoms with Crippen LogP contribution in [0.2, 0.25) is 0 Å². The Labute approximate surface area is 155 Å². The molecule has 2 aromatic rings. The molecule has 1 aliphatic rings. The van der Waals surface area contributed by atoms with Crippen LogP contribution in [0.1, 0.15) is 25.0 Å². The number of rotatable bonds is 6. The van der Waals surface area contributed by atoms with E-state index in [9.17, 15) is 4.79 Å². The maximum Gasteiger partial charge on any atom is 0.321 e. The lowest BCUT2D eigenvalue weighted by Crippen LogP contribution is -2.43. The van der Waals surface area contributed by atoms with Crippen LogP contribution in [0.3, 0.4) is 0 Å². The molecule has 1 atom stereocenters. The second kappa shape index (κ2) is 8.47. The zero-order valence-corrected chi connectivity index (χ0v) is 15.6. The summed E-state index contributed by atoms with van der Waals surface area (Å²) < 4.78 is 11.3. The van der Waals surface area contributed by atoms with Crippen molar-refractivity contribution in [2.45, 2.75) is 25.4 Å². The summed E-state index contributed by atoms with van der Waals surface area (Å²) in [4.78, 5) is 15.5. The molecule has 0 saturated carbocycles. The van der Waals surface area contributed by atoms with Gasteiger partial charge in [-0.05, 0) is 25.0 Å². The van der Waals surface area contributed by atoms with Crippen LogP contribution in [0, 0.1) is 0 Å². The Morgan fingerprint density at radius 2 is 1.54 bits per heavy atom. The van der Waals surface area contributed by atoms with Crippen molar-refractivity contribution >= 4 is 5.97 Å². The number of ether oxygens (including phenoxy) is 2. The minimum atomic E-state index is -0.832. The van der Waals surface area contributed by atoms with Crippen molar-refractivity contribution in [2.24, 2.45) is 0 Å². The lowest BCUT2D eigenvalue weighted by molar-refractivity contribution is -0.154. The summed E-state index contributed by atoms with van der Waals surface area (Å²) in [6.45, 7) is 7.89. The monoisotopic (exact) mass is 353 g/mol. The van der Waals surface area contributed by atoms with Gasteiger partial charge in [0, 0.05) is 19.6 Å². The molecule has 0 amide bonds. The molecule has 0 radical (unpaired) electrons. The van der Waals surface area contributed by atoms with E-state index in [-0.39, 0.29) is 12.1 Å². The first-order chi connectivity index (χ1) is 12.6. The second-order valence-electron chi connectivity index (χ2n) is 6.99. The van der Waals surface area contributed by atoms with E-state index in [2.05, 4.69) is 4.90 Å². The number of morpholine rings is 1. The summed E-state index contributed by atoms with van der Waals surface area (Å²) in [5.41, 5.74) is 1.05. The number of carbonyl (C=O) groups excluding carboxylic acids is 1. The van der Waals surface area contributed by atoms with Gasteiger partial charge in [-0.2, -0.15) is 0 Å². The second-order valence-corrected chi connectivity index (χ2v) is 6.99. The summed E-state index contributed by atoms with van der Waals surface area (Å²) in [7, 11) is 0. The molecule has 0 spiro atoms. The molecule has 1 aliphatic heterocycles. The quantitative estimate of drug-likeness (QED) is 0.747. The predicted molar refractivity (Wildman–Crippen MR) is 102 cm³/mol. The summed E-state index contributed by atoms with van der Waals surface area (Å²) in [6, 6.07) is 19.7. The molecule has 1 heterocycles.